The fourth-order valence-electron chi connectivity index (χ4n) is 3.57. The summed E-state index contributed by atoms with van der Waals surface area (Å²) in [5.74, 6) is 2.09. The van der Waals surface area contributed by atoms with E-state index in [1.54, 1.807) is 6.26 Å². The SMILES string of the molecule is CCNC(=NCc1coc(-c2ccc(C)cc2)n1)NCCC(=O)N1CCCC(C)C1.I. The minimum absolute atomic E-state index is 0. The minimum Gasteiger partial charge on any atom is -0.444 e. The molecule has 2 aromatic rings. The van der Waals surface area contributed by atoms with Crippen LogP contribution in [0.3, 0.4) is 0 Å². The number of benzene rings is 1. The van der Waals surface area contributed by atoms with Gasteiger partial charge < -0.3 is 20.0 Å². The molecule has 0 saturated carbocycles. The average molecular weight is 539 g/mol. The zero-order valence-electron chi connectivity index (χ0n) is 18.7. The minimum atomic E-state index is 0. The summed E-state index contributed by atoms with van der Waals surface area (Å²) in [6, 6.07) is 8.08. The second-order valence-corrected chi connectivity index (χ2v) is 7.97. The molecule has 0 aliphatic carbocycles. The zero-order chi connectivity index (χ0) is 21.3. The van der Waals surface area contributed by atoms with E-state index in [0.29, 0.717) is 37.3 Å². The fourth-order valence-corrected chi connectivity index (χ4v) is 3.57. The first-order chi connectivity index (χ1) is 14.5. The van der Waals surface area contributed by atoms with E-state index in [2.05, 4.69) is 34.5 Å². The predicted octanol–water partition coefficient (Wildman–Crippen LogP) is 3.97. The van der Waals surface area contributed by atoms with Crippen LogP contribution in [0.5, 0.6) is 0 Å². The number of aryl methyl sites for hydroxylation is 1. The van der Waals surface area contributed by atoms with Crippen molar-refractivity contribution in [2.75, 3.05) is 26.2 Å². The van der Waals surface area contributed by atoms with Crippen LogP contribution in [0.25, 0.3) is 11.5 Å². The summed E-state index contributed by atoms with van der Waals surface area (Å²) in [4.78, 5) is 23.5. The van der Waals surface area contributed by atoms with Crippen LogP contribution < -0.4 is 10.6 Å². The van der Waals surface area contributed by atoms with Crippen LogP contribution in [0.1, 0.15) is 44.4 Å². The quantitative estimate of drug-likeness (QED) is 0.316. The van der Waals surface area contributed by atoms with Crippen LogP contribution in [0.2, 0.25) is 0 Å². The number of halogens is 1. The second-order valence-electron chi connectivity index (χ2n) is 7.97. The molecule has 7 nitrogen and oxygen atoms in total. The molecule has 2 N–H and O–H groups in total. The standard InChI is InChI=1S/C23H33N5O2.HI/c1-4-24-23(25-12-11-21(29)28-13-5-6-18(3)15-28)26-14-20-16-30-22(27-20)19-9-7-17(2)8-10-19;/h7-10,16,18H,4-6,11-15H2,1-3H3,(H2,24,25,26);1H. The maximum atomic E-state index is 12.4. The summed E-state index contributed by atoms with van der Waals surface area (Å²) in [5, 5.41) is 6.46. The number of guanidine groups is 1. The number of piperidine rings is 1. The Bertz CT molecular complexity index is 850. The third-order valence-electron chi connectivity index (χ3n) is 5.23. The normalized spacial score (nSPS) is 16.5. The van der Waals surface area contributed by atoms with E-state index in [4.69, 9.17) is 4.42 Å². The Labute approximate surface area is 202 Å². The molecule has 1 unspecified atom stereocenters. The van der Waals surface area contributed by atoms with Gasteiger partial charge in [-0.25, -0.2) is 9.98 Å². The van der Waals surface area contributed by atoms with Gasteiger partial charge in [0.2, 0.25) is 11.8 Å². The van der Waals surface area contributed by atoms with Crippen molar-refractivity contribution in [3.63, 3.8) is 0 Å². The lowest BCUT2D eigenvalue weighted by Gasteiger charge is -2.31. The van der Waals surface area contributed by atoms with Gasteiger partial charge in [0.25, 0.3) is 0 Å². The maximum absolute atomic E-state index is 12.4. The Balaban J connectivity index is 0.00000341. The number of aliphatic imine (C=N–C) groups is 1. The van der Waals surface area contributed by atoms with Gasteiger partial charge in [-0.1, -0.05) is 24.6 Å². The van der Waals surface area contributed by atoms with Gasteiger partial charge in [0.1, 0.15) is 12.0 Å². The largest absolute Gasteiger partial charge is 0.444 e. The van der Waals surface area contributed by atoms with E-state index in [-0.39, 0.29) is 29.9 Å². The van der Waals surface area contributed by atoms with E-state index in [0.717, 1.165) is 37.3 Å². The summed E-state index contributed by atoms with van der Waals surface area (Å²) in [5.41, 5.74) is 2.91. The lowest BCUT2D eigenvalue weighted by molar-refractivity contribution is -0.132. The summed E-state index contributed by atoms with van der Waals surface area (Å²) in [7, 11) is 0. The number of hydrogen-bond donors (Lipinski definition) is 2. The average Bonchev–Trinajstić information content (AvgIpc) is 3.21. The molecule has 1 fully saturated rings. The fraction of sp³-hybridized carbons (Fsp3) is 0.522. The Kier molecular flexibility index (Phi) is 10.3. The molecule has 1 aromatic carbocycles. The van der Waals surface area contributed by atoms with E-state index >= 15 is 0 Å². The van der Waals surface area contributed by atoms with Crippen LogP contribution in [-0.2, 0) is 11.3 Å². The number of nitrogens with one attached hydrogen (secondary N) is 2. The van der Waals surface area contributed by atoms with Gasteiger partial charge in [0.15, 0.2) is 5.96 Å². The van der Waals surface area contributed by atoms with Gasteiger partial charge in [-0.15, -0.1) is 24.0 Å². The van der Waals surface area contributed by atoms with Crippen molar-refractivity contribution in [1.82, 2.24) is 20.5 Å². The number of hydrogen-bond acceptors (Lipinski definition) is 4. The summed E-state index contributed by atoms with van der Waals surface area (Å²) < 4.78 is 5.60. The number of carbonyl (C=O) groups is 1. The number of amides is 1. The van der Waals surface area contributed by atoms with Gasteiger partial charge in [0, 0.05) is 38.2 Å². The van der Waals surface area contributed by atoms with Crippen LogP contribution in [0.15, 0.2) is 39.9 Å². The first-order valence-electron chi connectivity index (χ1n) is 10.9. The predicted molar refractivity (Wildman–Crippen MR) is 135 cm³/mol. The van der Waals surface area contributed by atoms with Gasteiger partial charge in [-0.3, -0.25) is 4.79 Å². The molecule has 1 aliphatic heterocycles. The first kappa shape index (κ1) is 25.2. The monoisotopic (exact) mass is 539 g/mol. The van der Waals surface area contributed by atoms with Gasteiger partial charge in [-0.2, -0.15) is 0 Å². The molecule has 0 spiro atoms. The molecule has 0 bridgehead atoms. The van der Waals surface area contributed by atoms with Crippen LogP contribution >= 0.6 is 24.0 Å². The number of nitrogens with zero attached hydrogens (tertiary/aromatic N) is 3. The Hall–Kier alpha value is -2.10. The van der Waals surface area contributed by atoms with Gasteiger partial charge in [0.05, 0.1) is 6.54 Å². The smallest absolute Gasteiger partial charge is 0.226 e. The maximum Gasteiger partial charge on any atom is 0.226 e. The summed E-state index contributed by atoms with van der Waals surface area (Å²) >= 11 is 0. The molecule has 2 heterocycles. The van der Waals surface area contributed by atoms with Crippen molar-refractivity contribution < 1.29 is 9.21 Å². The molecular weight excluding hydrogens is 505 g/mol. The van der Waals surface area contributed by atoms with E-state index in [1.807, 2.05) is 36.1 Å². The molecule has 1 amide bonds. The van der Waals surface area contributed by atoms with Gasteiger partial charge >= 0.3 is 0 Å². The molecule has 31 heavy (non-hydrogen) atoms. The highest BCUT2D eigenvalue weighted by atomic mass is 127. The number of rotatable bonds is 7. The second kappa shape index (κ2) is 12.7. The van der Waals surface area contributed by atoms with Gasteiger partial charge in [-0.05, 0) is 44.7 Å². The highest BCUT2D eigenvalue weighted by molar-refractivity contribution is 14.0. The van der Waals surface area contributed by atoms with Crippen molar-refractivity contribution in [2.45, 2.75) is 46.6 Å². The molecule has 1 atom stereocenters. The highest BCUT2D eigenvalue weighted by Crippen LogP contribution is 2.19. The molecule has 1 aliphatic rings. The number of aromatic nitrogens is 1. The van der Waals surface area contributed by atoms with Crippen molar-refractivity contribution in [2.24, 2.45) is 10.9 Å². The van der Waals surface area contributed by atoms with E-state index in [1.165, 1.54) is 12.0 Å². The summed E-state index contributed by atoms with van der Waals surface area (Å²) in [6.07, 6.45) is 4.43. The Morgan fingerprint density at radius 1 is 1.29 bits per heavy atom. The molecule has 3 rings (SSSR count). The molecule has 8 heteroatoms. The molecule has 170 valence electrons. The molecular formula is C23H34IN5O2. The third-order valence-corrected chi connectivity index (χ3v) is 5.23. The van der Waals surface area contributed by atoms with Crippen LogP contribution in [0.4, 0.5) is 0 Å². The Morgan fingerprint density at radius 3 is 2.77 bits per heavy atom. The number of likely N-dealkylation sites (tertiary alicyclic amines) is 1. The van der Waals surface area contributed by atoms with Crippen LogP contribution in [-0.4, -0.2) is 47.9 Å². The molecule has 1 aromatic heterocycles. The topological polar surface area (TPSA) is 82.8 Å². The summed E-state index contributed by atoms with van der Waals surface area (Å²) in [6.45, 7) is 9.75. The van der Waals surface area contributed by atoms with E-state index in [9.17, 15) is 4.79 Å². The number of carbonyl (C=O) groups excluding carboxylic acids is 1. The first-order valence-corrected chi connectivity index (χ1v) is 10.9. The van der Waals surface area contributed by atoms with E-state index < -0.39 is 0 Å². The molecule has 0 radical (unpaired) electrons. The highest BCUT2D eigenvalue weighted by Gasteiger charge is 2.20. The van der Waals surface area contributed by atoms with Crippen molar-refractivity contribution in [1.29, 1.82) is 0 Å². The third kappa shape index (κ3) is 7.83. The zero-order valence-corrected chi connectivity index (χ0v) is 21.0. The van der Waals surface area contributed by atoms with Crippen molar-refractivity contribution >= 4 is 35.8 Å². The Morgan fingerprint density at radius 2 is 2.06 bits per heavy atom. The van der Waals surface area contributed by atoms with Crippen molar-refractivity contribution in [3.05, 3.63) is 41.8 Å². The number of oxazole rings is 1. The molecule has 1 saturated heterocycles. The van der Waals surface area contributed by atoms with Crippen LogP contribution in [0, 0.1) is 12.8 Å². The lowest BCUT2D eigenvalue weighted by atomic mass is 10.00. The van der Waals surface area contributed by atoms with Crippen molar-refractivity contribution in [3.8, 4) is 11.5 Å². The lowest BCUT2D eigenvalue weighted by Crippen LogP contribution is -2.42.